The number of benzene rings is 1. The van der Waals surface area contributed by atoms with Gasteiger partial charge in [0.05, 0.1) is 13.5 Å². The molecule has 0 N–H and O–H groups in total. The van der Waals surface area contributed by atoms with Gasteiger partial charge in [0.15, 0.2) is 0 Å². The maximum Gasteiger partial charge on any atom is 0.307 e. The van der Waals surface area contributed by atoms with Crippen molar-refractivity contribution in [2.75, 3.05) is 13.7 Å². The first kappa shape index (κ1) is 14.3. The number of amides is 1. The van der Waals surface area contributed by atoms with Gasteiger partial charge in [0.1, 0.15) is 0 Å². The molecule has 0 heterocycles. The lowest BCUT2D eigenvalue weighted by atomic mass is 10.2. The molecule has 1 aromatic rings. The van der Waals surface area contributed by atoms with E-state index in [9.17, 15) is 9.59 Å². The third kappa shape index (κ3) is 3.92. The molecule has 1 aromatic carbocycles. The minimum absolute atomic E-state index is 0.00260. The van der Waals surface area contributed by atoms with Gasteiger partial charge in [-0.3, -0.25) is 9.59 Å². The van der Waals surface area contributed by atoms with Crippen LogP contribution in [0, 0.1) is 3.57 Å². The monoisotopic (exact) mass is 373 g/mol. The van der Waals surface area contributed by atoms with Crippen LogP contribution in [0.1, 0.15) is 29.6 Å². The first-order chi connectivity index (χ1) is 9.11. The maximum atomic E-state index is 12.4. The molecule has 0 saturated heterocycles. The molecule has 0 aliphatic heterocycles. The predicted molar refractivity (Wildman–Crippen MR) is 79.9 cm³/mol. The fourth-order valence-corrected chi connectivity index (χ4v) is 2.27. The van der Waals surface area contributed by atoms with E-state index in [0.717, 1.165) is 16.4 Å². The topological polar surface area (TPSA) is 46.6 Å². The molecule has 2 rings (SSSR count). The SMILES string of the molecule is COC(=O)CCN(C(=O)c1ccc(I)cc1)C1CC1. The molecule has 0 radical (unpaired) electrons. The molecule has 19 heavy (non-hydrogen) atoms. The molecule has 1 saturated carbocycles. The van der Waals surface area contributed by atoms with Gasteiger partial charge in [-0.05, 0) is 59.7 Å². The first-order valence-electron chi connectivity index (χ1n) is 6.25. The summed E-state index contributed by atoms with van der Waals surface area (Å²) in [5.41, 5.74) is 0.678. The molecule has 5 heteroatoms. The highest BCUT2D eigenvalue weighted by molar-refractivity contribution is 14.1. The van der Waals surface area contributed by atoms with E-state index in [1.165, 1.54) is 7.11 Å². The van der Waals surface area contributed by atoms with Gasteiger partial charge in [-0.1, -0.05) is 0 Å². The van der Waals surface area contributed by atoms with Crippen LogP contribution in [0.5, 0.6) is 0 Å². The summed E-state index contributed by atoms with van der Waals surface area (Å²) in [6, 6.07) is 7.78. The molecule has 1 amide bonds. The maximum absolute atomic E-state index is 12.4. The summed E-state index contributed by atoms with van der Waals surface area (Å²) in [6.07, 6.45) is 2.30. The zero-order valence-corrected chi connectivity index (χ0v) is 12.9. The van der Waals surface area contributed by atoms with Gasteiger partial charge in [-0.2, -0.15) is 0 Å². The number of rotatable bonds is 5. The van der Waals surface area contributed by atoms with Crippen LogP contribution in [0.25, 0.3) is 0 Å². The number of hydrogen-bond acceptors (Lipinski definition) is 3. The van der Waals surface area contributed by atoms with Crippen molar-refractivity contribution in [3.05, 3.63) is 33.4 Å². The number of hydrogen-bond donors (Lipinski definition) is 0. The van der Waals surface area contributed by atoms with Crippen molar-refractivity contribution >= 4 is 34.5 Å². The van der Waals surface area contributed by atoms with Gasteiger partial charge in [0, 0.05) is 21.7 Å². The molecule has 0 spiro atoms. The van der Waals surface area contributed by atoms with Crippen molar-refractivity contribution in [1.82, 2.24) is 4.90 Å². The zero-order valence-electron chi connectivity index (χ0n) is 10.8. The fourth-order valence-electron chi connectivity index (χ4n) is 1.91. The molecular weight excluding hydrogens is 357 g/mol. The summed E-state index contributed by atoms with van der Waals surface area (Å²) in [4.78, 5) is 25.4. The van der Waals surface area contributed by atoms with Crippen LogP contribution in [0.15, 0.2) is 24.3 Å². The van der Waals surface area contributed by atoms with E-state index in [-0.39, 0.29) is 24.3 Å². The van der Waals surface area contributed by atoms with E-state index in [2.05, 4.69) is 27.3 Å². The number of carbonyl (C=O) groups excluding carboxylic acids is 2. The molecule has 1 aliphatic carbocycles. The molecule has 0 aromatic heterocycles. The van der Waals surface area contributed by atoms with Crippen molar-refractivity contribution in [3.8, 4) is 0 Å². The Morgan fingerprint density at radius 3 is 2.47 bits per heavy atom. The summed E-state index contributed by atoms with van der Waals surface area (Å²) in [5.74, 6) is -0.274. The number of halogens is 1. The van der Waals surface area contributed by atoms with Crippen LogP contribution in [-0.2, 0) is 9.53 Å². The summed E-state index contributed by atoms with van der Waals surface area (Å²) >= 11 is 2.21. The Hall–Kier alpha value is -1.11. The highest BCUT2D eigenvalue weighted by Crippen LogP contribution is 2.28. The molecule has 0 bridgehead atoms. The molecular formula is C14H16INO3. The highest BCUT2D eigenvalue weighted by Gasteiger charge is 2.33. The quantitative estimate of drug-likeness (QED) is 0.589. The largest absolute Gasteiger partial charge is 0.469 e. The van der Waals surface area contributed by atoms with Gasteiger partial charge in [-0.15, -0.1) is 0 Å². The first-order valence-corrected chi connectivity index (χ1v) is 7.33. The number of esters is 1. The Morgan fingerprint density at radius 1 is 1.32 bits per heavy atom. The number of ether oxygens (including phenoxy) is 1. The Morgan fingerprint density at radius 2 is 1.95 bits per heavy atom. The van der Waals surface area contributed by atoms with Crippen LogP contribution >= 0.6 is 22.6 Å². The van der Waals surface area contributed by atoms with Crippen molar-refractivity contribution in [3.63, 3.8) is 0 Å². The van der Waals surface area contributed by atoms with Crippen molar-refractivity contribution < 1.29 is 14.3 Å². The second-order valence-corrected chi connectivity index (χ2v) is 5.81. The predicted octanol–water partition coefficient (Wildman–Crippen LogP) is 2.46. The average Bonchev–Trinajstić information content (AvgIpc) is 3.24. The summed E-state index contributed by atoms with van der Waals surface area (Å²) in [6.45, 7) is 0.433. The minimum Gasteiger partial charge on any atom is -0.469 e. The molecule has 102 valence electrons. The molecule has 1 aliphatic rings. The average molecular weight is 373 g/mol. The lowest BCUT2D eigenvalue weighted by Crippen LogP contribution is -2.35. The number of carbonyl (C=O) groups is 2. The Balaban J connectivity index is 2.04. The molecule has 1 fully saturated rings. The van der Waals surface area contributed by atoms with E-state index < -0.39 is 0 Å². The lowest BCUT2D eigenvalue weighted by Gasteiger charge is -2.22. The Kier molecular flexibility index (Phi) is 4.79. The Bertz CT molecular complexity index is 468. The molecule has 0 atom stereocenters. The highest BCUT2D eigenvalue weighted by atomic mass is 127. The van der Waals surface area contributed by atoms with E-state index >= 15 is 0 Å². The lowest BCUT2D eigenvalue weighted by molar-refractivity contribution is -0.140. The van der Waals surface area contributed by atoms with Gasteiger partial charge in [0.2, 0.25) is 0 Å². The number of methoxy groups -OCH3 is 1. The van der Waals surface area contributed by atoms with Crippen molar-refractivity contribution in [1.29, 1.82) is 0 Å². The fraction of sp³-hybridized carbons (Fsp3) is 0.429. The van der Waals surface area contributed by atoms with E-state index in [1.54, 1.807) is 4.90 Å². The van der Waals surface area contributed by atoms with Gasteiger partial charge >= 0.3 is 5.97 Å². The van der Waals surface area contributed by atoms with Gasteiger partial charge in [0.25, 0.3) is 5.91 Å². The molecule has 4 nitrogen and oxygen atoms in total. The van der Waals surface area contributed by atoms with E-state index in [4.69, 9.17) is 0 Å². The summed E-state index contributed by atoms with van der Waals surface area (Å²) in [7, 11) is 1.37. The van der Waals surface area contributed by atoms with Crippen LogP contribution in [0.4, 0.5) is 0 Å². The van der Waals surface area contributed by atoms with E-state index in [1.807, 2.05) is 24.3 Å². The van der Waals surface area contributed by atoms with Crippen LogP contribution in [0.3, 0.4) is 0 Å². The van der Waals surface area contributed by atoms with Crippen LogP contribution < -0.4 is 0 Å². The number of nitrogens with zero attached hydrogens (tertiary/aromatic N) is 1. The summed E-state index contributed by atoms with van der Waals surface area (Å²) < 4.78 is 5.72. The zero-order chi connectivity index (χ0) is 13.8. The van der Waals surface area contributed by atoms with Crippen molar-refractivity contribution in [2.24, 2.45) is 0 Å². The van der Waals surface area contributed by atoms with Crippen LogP contribution in [0.2, 0.25) is 0 Å². The smallest absolute Gasteiger partial charge is 0.307 e. The minimum atomic E-state index is -0.277. The standard InChI is InChI=1S/C14H16INO3/c1-19-13(17)8-9-16(12-6-7-12)14(18)10-2-4-11(15)5-3-10/h2-5,12H,6-9H2,1H3. The molecule has 0 unspecified atom stereocenters. The van der Waals surface area contributed by atoms with Gasteiger partial charge < -0.3 is 9.64 Å². The van der Waals surface area contributed by atoms with E-state index in [0.29, 0.717) is 12.1 Å². The second-order valence-electron chi connectivity index (χ2n) is 4.56. The third-order valence-corrected chi connectivity index (χ3v) is 3.84. The third-order valence-electron chi connectivity index (χ3n) is 3.12. The van der Waals surface area contributed by atoms with Gasteiger partial charge in [-0.25, -0.2) is 0 Å². The second kappa shape index (κ2) is 6.36. The normalized spacial score (nSPS) is 14.0. The van der Waals surface area contributed by atoms with Crippen molar-refractivity contribution in [2.45, 2.75) is 25.3 Å². The Labute approximate surface area is 126 Å². The van der Waals surface area contributed by atoms with Crippen LogP contribution in [-0.4, -0.2) is 36.5 Å². The summed E-state index contributed by atoms with van der Waals surface area (Å²) in [5, 5.41) is 0.